The first kappa shape index (κ1) is 25.9. The van der Waals surface area contributed by atoms with Gasteiger partial charge in [-0.2, -0.15) is 0 Å². The molecule has 0 spiro atoms. The first-order valence-electron chi connectivity index (χ1n) is 11.2. The van der Waals surface area contributed by atoms with Crippen LogP contribution < -0.4 is 0 Å². The van der Waals surface area contributed by atoms with Crippen molar-refractivity contribution in [3.8, 4) is 0 Å². The highest BCUT2D eigenvalue weighted by Gasteiger charge is 2.44. The minimum atomic E-state index is -0.425. The molecule has 2 atom stereocenters. The second kappa shape index (κ2) is 13.3. The zero-order chi connectivity index (χ0) is 24.3. The smallest absolute Gasteiger partial charge is 0.252 e. The fourth-order valence-electron chi connectivity index (χ4n) is 3.52. The van der Waals surface area contributed by atoms with Crippen molar-refractivity contribution in [2.75, 3.05) is 13.2 Å². The quantitative estimate of drug-likeness (QED) is 0.383. The molecule has 2 unspecified atom stereocenters. The molecule has 1 aromatic heterocycles. The van der Waals surface area contributed by atoms with Crippen molar-refractivity contribution in [2.45, 2.75) is 38.3 Å². The Morgan fingerprint density at radius 1 is 1.06 bits per heavy atom. The zero-order valence-electron chi connectivity index (χ0n) is 19.1. The van der Waals surface area contributed by atoms with Gasteiger partial charge in [-0.3, -0.25) is 4.79 Å². The lowest BCUT2D eigenvalue weighted by molar-refractivity contribution is -0.157. The lowest BCUT2D eigenvalue weighted by Crippen LogP contribution is -2.49. The molecule has 1 amide bonds. The Morgan fingerprint density at radius 2 is 1.65 bits per heavy atom. The topological polar surface area (TPSA) is 68.5 Å². The number of aryl methyl sites for hydroxylation is 1. The fourth-order valence-corrected chi connectivity index (χ4v) is 3.81. The van der Waals surface area contributed by atoms with Crippen molar-refractivity contribution in [3.05, 3.63) is 95.1 Å². The van der Waals surface area contributed by atoms with E-state index in [4.69, 9.17) is 32.4 Å². The van der Waals surface area contributed by atoms with Crippen LogP contribution in [0.25, 0.3) is 0 Å². The fraction of sp³-hybridized carbons (Fsp3) is 0.346. The molecule has 1 saturated heterocycles. The van der Waals surface area contributed by atoms with Crippen LogP contribution in [0, 0.1) is 12.8 Å². The van der Waals surface area contributed by atoms with Crippen LogP contribution in [0.2, 0.25) is 10.0 Å². The molecular formula is C26H29Cl2N3O3. The van der Waals surface area contributed by atoms with Gasteiger partial charge in [-0.15, -0.1) is 16.8 Å². The standard InChI is InChI=1S/C14H19N3O3.2C6H5Cl/c1-3-4-11-14(18)17(7-8-19-11)12(10-5-6-10)13-16-15-9(2)20-13;2*7-6-4-2-1-3-5-6/h3,10-12H,1,4-8H2,2H3;2*1-5H. The normalized spacial score (nSPS) is 18.1. The van der Waals surface area contributed by atoms with Gasteiger partial charge in [-0.25, -0.2) is 0 Å². The summed E-state index contributed by atoms with van der Waals surface area (Å²) in [7, 11) is 0. The summed E-state index contributed by atoms with van der Waals surface area (Å²) in [4.78, 5) is 14.4. The Morgan fingerprint density at radius 3 is 2.06 bits per heavy atom. The van der Waals surface area contributed by atoms with E-state index < -0.39 is 6.10 Å². The summed E-state index contributed by atoms with van der Waals surface area (Å²) in [5.74, 6) is 1.52. The molecule has 0 bridgehead atoms. The molecule has 0 radical (unpaired) electrons. The van der Waals surface area contributed by atoms with E-state index in [1.54, 1.807) is 13.0 Å². The largest absolute Gasteiger partial charge is 0.423 e. The average Bonchev–Trinajstić information content (AvgIpc) is 3.58. The number of morpholine rings is 1. The van der Waals surface area contributed by atoms with Crippen LogP contribution in [-0.2, 0) is 9.53 Å². The lowest BCUT2D eigenvalue weighted by Gasteiger charge is -2.36. The van der Waals surface area contributed by atoms with Crippen LogP contribution >= 0.6 is 23.2 Å². The maximum Gasteiger partial charge on any atom is 0.252 e. The van der Waals surface area contributed by atoms with Crippen LogP contribution in [0.5, 0.6) is 0 Å². The number of ether oxygens (including phenoxy) is 1. The van der Waals surface area contributed by atoms with Gasteiger partial charge in [0.05, 0.1) is 6.61 Å². The zero-order valence-corrected chi connectivity index (χ0v) is 20.7. The number of benzene rings is 2. The Bertz CT molecular complexity index is 989. The first-order valence-corrected chi connectivity index (χ1v) is 12.0. The van der Waals surface area contributed by atoms with Crippen molar-refractivity contribution in [3.63, 3.8) is 0 Å². The van der Waals surface area contributed by atoms with E-state index in [9.17, 15) is 4.79 Å². The summed E-state index contributed by atoms with van der Waals surface area (Å²) < 4.78 is 11.1. The third kappa shape index (κ3) is 7.97. The molecule has 5 rings (SSSR count). The van der Waals surface area contributed by atoms with Gasteiger partial charge in [0, 0.05) is 29.9 Å². The summed E-state index contributed by atoms with van der Waals surface area (Å²) in [5.41, 5.74) is 0. The van der Waals surface area contributed by atoms with Crippen LogP contribution in [0.15, 0.2) is 77.7 Å². The van der Waals surface area contributed by atoms with Gasteiger partial charge in [0.1, 0.15) is 12.1 Å². The molecular weight excluding hydrogens is 473 g/mol. The van der Waals surface area contributed by atoms with E-state index in [0.717, 1.165) is 22.9 Å². The van der Waals surface area contributed by atoms with Crippen molar-refractivity contribution in [1.82, 2.24) is 15.1 Å². The molecule has 2 aliphatic rings. The van der Waals surface area contributed by atoms with Gasteiger partial charge in [0.15, 0.2) is 0 Å². The first-order chi connectivity index (χ1) is 16.5. The van der Waals surface area contributed by atoms with Gasteiger partial charge < -0.3 is 14.1 Å². The number of rotatable bonds is 5. The molecule has 2 aromatic carbocycles. The van der Waals surface area contributed by atoms with Crippen molar-refractivity contribution < 1.29 is 13.9 Å². The Kier molecular flexibility index (Phi) is 10.1. The number of amides is 1. The van der Waals surface area contributed by atoms with Crippen molar-refractivity contribution in [1.29, 1.82) is 0 Å². The number of carbonyl (C=O) groups is 1. The molecule has 3 aromatic rings. The second-order valence-corrected chi connectivity index (χ2v) is 8.82. The Balaban J connectivity index is 0.000000188. The summed E-state index contributed by atoms with van der Waals surface area (Å²) >= 11 is 11.1. The van der Waals surface area contributed by atoms with E-state index >= 15 is 0 Å². The van der Waals surface area contributed by atoms with E-state index in [-0.39, 0.29) is 11.9 Å². The summed E-state index contributed by atoms with van der Waals surface area (Å²) in [5, 5.41) is 9.60. The Hall–Kier alpha value is -2.67. The predicted molar refractivity (Wildman–Crippen MR) is 134 cm³/mol. The van der Waals surface area contributed by atoms with E-state index in [2.05, 4.69) is 16.8 Å². The number of aromatic nitrogens is 2. The highest BCUT2D eigenvalue weighted by Crippen LogP contribution is 2.44. The summed E-state index contributed by atoms with van der Waals surface area (Å²) in [6.45, 7) is 6.56. The van der Waals surface area contributed by atoms with E-state index in [1.807, 2.05) is 65.6 Å². The number of nitrogens with zero attached hydrogens (tertiary/aromatic N) is 3. The summed E-state index contributed by atoms with van der Waals surface area (Å²) in [6.07, 6.45) is 4.03. The molecule has 8 heteroatoms. The molecule has 2 heterocycles. The predicted octanol–water partition coefficient (Wildman–Crippen LogP) is 6.31. The van der Waals surface area contributed by atoms with Crippen LogP contribution in [0.4, 0.5) is 0 Å². The number of hydrogen-bond donors (Lipinski definition) is 0. The maximum atomic E-state index is 12.5. The van der Waals surface area contributed by atoms with Gasteiger partial charge in [0.25, 0.3) is 5.91 Å². The number of halogens is 2. The molecule has 2 fully saturated rings. The average molecular weight is 502 g/mol. The van der Waals surface area contributed by atoms with Crippen molar-refractivity contribution in [2.24, 2.45) is 5.92 Å². The minimum Gasteiger partial charge on any atom is -0.423 e. The van der Waals surface area contributed by atoms with Gasteiger partial charge in [-0.1, -0.05) is 65.7 Å². The number of carbonyl (C=O) groups excluding carboxylic acids is 1. The van der Waals surface area contributed by atoms with E-state index in [1.165, 1.54) is 0 Å². The molecule has 180 valence electrons. The third-order valence-electron chi connectivity index (χ3n) is 5.26. The number of hydrogen-bond acceptors (Lipinski definition) is 5. The van der Waals surface area contributed by atoms with Crippen molar-refractivity contribution >= 4 is 29.1 Å². The maximum absolute atomic E-state index is 12.5. The van der Waals surface area contributed by atoms with Crippen LogP contribution in [0.3, 0.4) is 0 Å². The SMILES string of the molecule is C=CCC1OCCN(C(c2nnc(C)o2)C2CC2)C1=O.Clc1ccccc1.Clc1ccccc1. The molecule has 1 aliphatic heterocycles. The monoisotopic (exact) mass is 501 g/mol. The second-order valence-electron chi connectivity index (χ2n) is 7.95. The molecule has 34 heavy (non-hydrogen) atoms. The molecule has 6 nitrogen and oxygen atoms in total. The highest BCUT2D eigenvalue weighted by molar-refractivity contribution is 6.30. The minimum absolute atomic E-state index is 0.00361. The van der Waals surface area contributed by atoms with Gasteiger partial charge >= 0.3 is 0 Å². The van der Waals surface area contributed by atoms with Crippen LogP contribution in [0.1, 0.15) is 37.1 Å². The third-order valence-corrected chi connectivity index (χ3v) is 5.76. The lowest BCUT2D eigenvalue weighted by atomic mass is 10.1. The van der Waals surface area contributed by atoms with Crippen LogP contribution in [-0.4, -0.2) is 40.3 Å². The van der Waals surface area contributed by atoms with Gasteiger partial charge in [-0.05, 0) is 43.0 Å². The Labute approximate surface area is 210 Å². The molecule has 1 saturated carbocycles. The molecule has 0 N–H and O–H groups in total. The summed E-state index contributed by atoms with van der Waals surface area (Å²) in [6, 6.07) is 18.8. The molecule has 1 aliphatic carbocycles. The van der Waals surface area contributed by atoms with Gasteiger partial charge in [0.2, 0.25) is 11.8 Å². The highest BCUT2D eigenvalue weighted by atomic mass is 35.5. The van der Waals surface area contributed by atoms with E-state index in [0.29, 0.717) is 37.3 Å².